The smallest absolute Gasteiger partial charge is 0.0549 e. The van der Waals surface area contributed by atoms with Crippen molar-refractivity contribution >= 4 is 33.2 Å². The Hall–Kier alpha value is -0.290. The second kappa shape index (κ2) is 6.05. The molecule has 1 aliphatic rings. The largest absolute Gasteiger partial charge is 0.381 e. The van der Waals surface area contributed by atoms with Gasteiger partial charge in [-0.05, 0) is 40.5 Å². The summed E-state index contributed by atoms with van der Waals surface area (Å²) in [5, 5.41) is 4.16. The SMILES string of the molecule is NCC(Nc1ccc(Cl)c(Br)c1)C1CCOC1. The molecule has 2 unspecified atom stereocenters. The van der Waals surface area contributed by atoms with E-state index in [4.69, 9.17) is 22.1 Å². The van der Waals surface area contributed by atoms with E-state index in [0.29, 0.717) is 17.5 Å². The normalized spacial score (nSPS) is 21.5. The summed E-state index contributed by atoms with van der Waals surface area (Å²) in [4.78, 5) is 0. The molecule has 1 heterocycles. The molecule has 1 fully saturated rings. The highest BCUT2D eigenvalue weighted by Gasteiger charge is 2.24. The quantitative estimate of drug-likeness (QED) is 0.897. The second-order valence-corrected chi connectivity index (χ2v) is 5.50. The molecule has 1 aromatic carbocycles. The molecule has 0 amide bonds. The molecule has 0 aromatic heterocycles. The van der Waals surface area contributed by atoms with Crippen LogP contribution in [-0.2, 0) is 4.74 Å². The zero-order valence-electron chi connectivity index (χ0n) is 9.46. The van der Waals surface area contributed by atoms with Gasteiger partial charge in [-0.15, -0.1) is 0 Å². The monoisotopic (exact) mass is 318 g/mol. The maximum atomic E-state index is 5.96. The maximum Gasteiger partial charge on any atom is 0.0549 e. The number of nitrogens with one attached hydrogen (secondary N) is 1. The predicted molar refractivity (Wildman–Crippen MR) is 74.5 cm³/mol. The van der Waals surface area contributed by atoms with Crippen molar-refractivity contribution in [2.45, 2.75) is 12.5 Å². The van der Waals surface area contributed by atoms with Crippen LogP contribution < -0.4 is 11.1 Å². The van der Waals surface area contributed by atoms with E-state index in [0.717, 1.165) is 29.8 Å². The van der Waals surface area contributed by atoms with Gasteiger partial charge in [-0.25, -0.2) is 0 Å². The van der Waals surface area contributed by atoms with Gasteiger partial charge in [-0.3, -0.25) is 0 Å². The topological polar surface area (TPSA) is 47.3 Å². The summed E-state index contributed by atoms with van der Waals surface area (Å²) in [5.41, 5.74) is 6.84. The molecule has 0 radical (unpaired) electrons. The van der Waals surface area contributed by atoms with Crippen LogP contribution in [0.4, 0.5) is 5.69 Å². The second-order valence-electron chi connectivity index (χ2n) is 4.24. The van der Waals surface area contributed by atoms with Crippen LogP contribution in [0.15, 0.2) is 22.7 Å². The highest BCUT2D eigenvalue weighted by Crippen LogP contribution is 2.27. The van der Waals surface area contributed by atoms with E-state index in [2.05, 4.69) is 21.2 Å². The fraction of sp³-hybridized carbons (Fsp3) is 0.500. The summed E-state index contributed by atoms with van der Waals surface area (Å²) < 4.78 is 6.29. The minimum absolute atomic E-state index is 0.255. The number of halogens is 2. The van der Waals surface area contributed by atoms with Gasteiger partial charge >= 0.3 is 0 Å². The van der Waals surface area contributed by atoms with E-state index in [1.54, 1.807) is 0 Å². The molecule has 0 spiro atoms. The number of hydrogen-bond acceptors (Lipinski definition) is 3. The molecule has 1 aromatic rings. The third-order valence-electron chi connectivity index (χ3n) is 3.06. The molecule has 0 aliphatic carbocycles. The minimum Gasteiger partial charge on any atom is -0.381 e. The van der Waals surface area contributed by atoms with Crippen molar-refractivity contribution < 1.29 is 4.74 Å². The van der Waals surface area contributed by atoms with Gasteiger partial charge in [0, 0.05) is 35.3 Å². The van der Waals surface area contributed by atoms with Gasteiger partial charge in [0.1, 0.15) is 0 Å². The van der Waals surface area contributed by atoms with E-state index in [1.165, 1.54) is 0 Å². The molecule has 0 saturated carbocycles. The van der Waals surface area contributed by atoms with E-state index >= 15 is 0 Å². The Kier molecular flexibility index (Phi) is 4.68. The first kappa shape index (κ1) is 13.1. The molecule has 3 nitrogen and oxygen atoms in total. The Morgan fingerprint density at radius 2 is 2.41 bits per heavy atom. The number of nitrogens with two attached hydrogens (primary N) is 1. The highest BCUT2D eigenvalue weighted by atomic mass is 79.9. The van der Waals surface area contributed by atoms with Gasteiger partial charge in [-0.2, -0.15) is 0 Å². The van der Waals surface area contributed by atoms with E-state index in [9.17, 15) is 0 Å². The lowest BCUT2D eigenvalue weighted by molar-refractivity contribution is 0.182. The van der Waals surface area contributed by atoms with Gasteiger partial charge < -0.3 is 15.8 Å². The lowest BCUT2D eigenvalue weighted by Gasteiger charge is -2.23. The minimum atomic E-state index is 0.255. The molecule has 2 atom stereocenters. The molecule has 3 N–H and O–H groups in total. The average molecular weight is 320 g/mol. The summed E-state index contributed by atoms with van der Waals surface area (Å²) >= 11 is 9.37. The van der Waals surface area contributed by atoms with Crippen molar-refractivity contribution in [3.05, 3.63) is 27.7 Å². The molecule has 5 heteroatoms. The van der Waals surface area contributed by atoms with E-state index < -0.39 is 0 Å². The molecule has 17 heavy (non-hydrogen) atoms. The third kappa shape index (κ3) is 3.35. The van der Waals surface area contributed by atoms with Crippen LogP contribution in [0.25, 0.3) is 0 Å². The number of rotatable bonds is 4. The molecule has 94 valence electrons. The van der Waals surface area contributed by atoms with E-state index in [1.807, 2.05) is 18.2 Å². The lowest BCUT2D eigenvalue weighted by Crippen LogP contribution is -2.36. The first-order chi connectivity index (χ1) is 8.20. The van der Waals surface area contributed by atoms with Crippen molar-refractivity contribution in [1.82, 2.24) is 0 Å². The van der Waals surface area contributed by atoms with Crippen LogP contribution in [0.2, 0.25) is 5.02 Å². The zero-order valence-corrected chi connectivity index (χ0v) is 11.8. The van der Waals surface area contributed by atoms with Crippen molar-refractivity contribution in [2.24, 2.45) is 11.7 Å². The molecule has 1 saturated heterocycles. The fourth-order valence-corrected chi connectivity index (χ4v) is 2.54. The van der Waals surface area contributed by atoms with Gasteiger partial charge in [0.2, 0.25) is 0 Å². The van der Waals surface area contributed by atoms with Gasteiger partial charge in [0.15, 0.2) is 0 Å². The Morgan fingerprint density at radius 1 is 1.59 bits per heavy atom. The molecular formula is C12H16BrClN2O. The standard InChI is InChI=1S/C12H16BrClN2O/c13-10-5-9(1-2-11(10)14)16-12(6-15)8-3-4-17-7-8/h1-2,5,8,12,16H,3-4,6-7,15H2. The molecule has 0 bridgehead atoms. The van der Waals surface area contributed by atoms with Crippen molar-refractivity contribution in [1.29, 1.82) is 0 Å². The lowest BCUT2D eigenvalue weighted by atomic mass is 9.99. The van der Waals surface area contributed by atoms with Crippen LogP contribution >= 0.6 is 27.5 Å². The fourth-order valence-electron chi connectivity index (χ4n) is 2.04. The number of ether oxygens (including phenoxy) is 1. The van der Waals surface area contributed by atoms with Gasteiger partial charge in [-0.1, -0.05) is 11.6 Å². The van der Waals surface area contributed by atoms with Crippen molar-refractivity contribution in [3.63, 3.8) is 0 Å². The molecule has 2 rings (SSSR count). The van der Waals surface area contributed by atoms with Gasteiger partial charge in [0.25, 0.3) is 0 Å². The summed E-state index contributed by atoms with van der Waals surface area (Å²) in [6, 6.07) is 6.06. The summed E-state index contributed by atoms with van der Waals surface area (Å²) in [5.74, 6) is 0.495. The molecule has 1 aliphatic heterocycles. The van der Waals surface area contributed by atoms with Crippen LogP contribution in [0.1, 0.15) is 6.42 Å². The number of anilines is 1. The average Bonchev–Trinajstić information content (AvgIpc) is 2.84. The first-order valence-electron chi connectivity index (χ1n) is 5.70. The Morgan fingerprint density at radius 3 is 3.00 bits per heavy atom. The Labute approximate surface area is 115 Å². The van der Waals surface area contributed by atoms with Crippen LogP contribution in [0.5, 0.6) is 0 Å². The zero-order chi connectivity index (χ0) is 12.3. The maximum absolute atomic E-state index is 5.96. The van der Waals surface area contributed by atoms with Crippen LogP contribution in [0.3, 0.4) is 0 Å². The predicted octanol–water partition coefficient (Wildman–Crippen LogP) is 2.88. The summed E-state index contributed by atoms with van der Waals surface area (Å²) in [6.45, 7) is 2.24. The molecular weight excluding hydrogens is 304 g/mol. The Balaban J connectivity index is 2.04. The van der Waals surface area contributed by atoms with Crippen LogP contribution in [0, 0.1) is 5.92 Å². The van der Waals surface area contributed by atoms with Gasteiger partial charge in [0.05, 0.1) is 11.6 Å². The summed E-state index contributed by atoms with van der Waals surface area (Å²) in [7, 11) is 0. The van der Waals surface area contributed by atoms with E-state index in [-0.39, 0.29) is 6.04 Å². The first-order valence-corrected chi connectivity index (χ1v) is 6.87. The number of benzene rings is 1. The summed E-state index contributed by atoms with van der Waals surface area (Å²) in [6.07, 6.45) is 1.07. The highest BCUT2D eigenvalue weighted by molar-refractivity contribution is 9.10. The number of hydrogen-bond donors (Lipinski definition) is 2. The van der Waals surface area contributed by atoms with Crippen LogP contribution in [-0.4, -0.2) is 25.8 Å². The van der Waals surface area contributed by atoms with Crippen molar-refractivity contribution in [2.75, 3.05) is 25.1 Å². The third-order valence-corrected chi connectivity index (χ3v) is 4.27. The van der Waals surface area contributed by atoms with Crippen molar-refractivity contribution in [3.8, 4) is 0 Å². The Bertz CT molecular complexity index is 383.